The Kier molecular flexibility index (Phi) is 2.68. The lowest BCUT2D eigenvalue weighted by molar-refractivity contribution is -0.180. The van der Waals surface area contributed by atoms with E-state index >= 15 is 0 Å². The van der Waals surface area contributed by atoms with Crippen LogP contribution in [0, 0.1) is 0 Å². The molecule has 0 aromatic carbocycles. The van der Waals surface area contributed by atoms with Crippen molar-refractivity contribution >= 4 is 11.8 Å². The summed E-state index contributed by atoms with van der Waals surface area (Å²) < 4.78 is 35.4. The molecule has 4 nitrogen and oxygen atoms in total. The number of nitrogens with one attached hydrogen (secondary N) is 1. The molecule has 1 heterocycles. The first kappa shape index (κ1) is 10.8. The Hall–Kier alpha value is -1.27. The van der Waals surface area contributed by atoms with Gasteiger partial charge in [0.25, 0.3) is 0 Å². The third kappa shape index (κ3) is 2.15. The summed E-state index contributed by atoms with van der Waals surface area (Å²) in [4.78, 5) is 21.5. The summed E-state index contributed by atoms with van der Waals surface area (Å²) in [7, 11) is 0. The molecule has 80 valence electrons. The quantitative estimate of drug-likeness (QED) is 0.688. The van der Waals surface area contributed by atoms with E-state index in [1.165, 1.54) is 5.43 Å². The Morgan fingerprint density at radius 2 is 2.14 bits per heavy atom. The lowest BCUT2D eigenvalue weighted by atomic mass is 10.3. The molecule has 1 rings (SSSR count). The molecule has 0 aromatic heterocycles. The maximum atomic E-state index is 11.8. The van der Waals surface area contributed by atoms with Crippen LogP contribution in [0.2, 0.25) is 0 Å². The van der Waals surface area contributed by atoms with Gasteiger partial charge in [0.15, 0.2) is 0 Å². The van der Waals surface area contributed by atoms with Gasteiger partial charge >= 0.3 is 12.1 Å². The fraction of sp³-hybridized carbons (Fsp3) is 0.714. The van der Waals surface area contributed by atoms with E-state index in [4.69, 9.17) is 0 Å². The number of halogens is 3. The number of nitrogens with zero attached hydrogens (tertiary/aromatic N) is 1. The Labute approximate surface area is 78.0 Å². The van der Waals surface area contributed by atoms with Crippen LogP contribution < -0.4 is 5.43 Å². The lowest BCUT2D eigenvalue weighted by Gasteiger charge is -2.22. The molecule has 1 fully saturated rings. The molecule has 1 atom stereocenters. The third-order valence-corrected chi connectivity index (χ3v) is 1.96. The van der Waals surface area contributed by atoms with Gasteiger partial charge in [-0.25, -0.2) is 0 Å². The minimum atomic E-state index is -4.96. The Morgan fingerprint density at radius 3 is 2.50 bits per heavy atom. The van der Waals surface area contributed by atoms with E-state index < -0.39 is 18.0 Å². The zero-order valence-electron chi connectivity index (χ0n) is 7.39. The van der Waals surface area contributed by atoms with Crippen molar-refractivity contribution in [2.24, 2.45) is 0 Å². The number of rotatable bonds is 1. The minimum Gasteiger partial charge on any atom is -0.273 e. The van der Waals surface area contributed by atoms with Gasteiger partial charge in [0.05, 0.1) is 6.04 Å². The first-order valence-electron chi connectivity index (χ1n) is 4.02. The van der Waals surface area contributed by atoms with Crippen molar-refractivity contribution in [2.45, 2.75) is 32.0 Å². The second-order valence-corrected chi connectivity index (χ2v) is 3.09. The molecule has 1 aliphatic heterocycles. The van der Waals surface area contributed by atoms with Gasteiger partial charge < -0.3 is 0 Å². The summed E-state index contributed by atoms with van der Waals surface area (Å²) in [6, 6.07) is -0.381. The predicted octanol–water partition coefficient (Wildman–Crippen LogP) is 0.591. The number of hydrogen-bond donors (Lipinski definition) is 1. The highest BCUT2D eigenvalue weighted by Crippen LogP contribution is 2.19. The molecule has 0 spiro atoms. The highest BCUT2D eigenvalue weighted by molar-refractivity contribution is 5.86. The van der Waals surface area contributed by atoms with Crippen LogP contribution in [0.25, 0.3) is 0 Å². The SMILES string of the molecule is CC1CCC(=O)N1NC(=O)C(F)(F)F. The number of hydrazine groups is 1. The van der Waals surface area contributed by atoms with Crippen LogP contribution in [-0.2, 0) is 9.59 Å². The number of alkyl halides is 3. The standard InChI is InChI=1S/C7H9F3N2O2/c1-4-2-3-5(13)12(4)11-6(14)7(8,9)10/h4H,2-3H2,1H3,(H,11,14). The zero-order valence-corrected chi connectivity index (χ0v) is 7.39. The largest absolute Gasteiger partial charge is 0.472 e. The highest BCUT2D eigenvalue weighted by atomic mass is 19.4. The molecule has 1 N–H and O–H groups in total. The van der Waals surface area contributed by atoms with Gasteiger partial charge in [-0.05, 0) is 13.3 Å². The Balaban J connectivity index is 2.60. The van der Waals surface area contributed by atoms with E-state index in [2.05, 4.69) is 0 Å². The average Bonchev–Trinajstić information content (AvgIpc) is 2.34. The average molecular weight is 210 g/mol. The number of carbonyl (C=O) groups is 2. The van der Waals surface area contributed by atoms with Gasteiger partial charge in [0, 0.05) is 6.42 Å². The molecule has 7 heteroatoms. The summed E-state index contributed by atoms with van der Waals surface area (Å²) in [5.41, 5.74) is 1.54. The predicted molar refractivity (Wildman–Crippen MR) is 39.7 cm³/mol. The van der Waals surface area contributed by atoms with Gasteiger partial charge in [-0.3, -0.25) is 20.0 Å². The fourth-order valence-electron chi connectivity index (χ4n) is 1.17. The van der Waals surface area contributed by atoms with Gasteiger partial charge in [-0.1, -0.05) is 0 Å². The first-order chi connectivity index (χ1) is 6.32. The van der Waals surface area contributed by atoms with E-state index in [1.54, 1.807) is 6.92 Å². The normalized spacial score (nSPS) is 22.7. The molecule has 0 aliphatic carbocycles. The zero-order chi connectivity index (χ0) is 10.9. The van der Waals surface area contributed by atoms with Crippen molar-refractivity contribution in [3.05, 3.63) is 0 Å². The second-order valence-electron chi connectivity index (χ2n) is 3.09. The summed E-state index contributed by atoms with van der Waals surface area (Å²) >= 11 is 0. The van der Waals surface area contributed by atoms with Crippen molar-refractivity contribution in [1.82, 2.24) is 10.4 Å². The minimum absolute atomic E-state index is 0.166. The monoisotopic (exact) mass is 210 g/mol. The van der Waals surface area contributed by atoms with E-state index in [-0.39, 0.29) is 12.5 Å². The Bertz CT molecular complexity index is 264. The van der Waals surface area contributed by atoms with Gasteiger partial charge in [-0.2, -0.15) is 13.2 Å². The van der Waals surface area contributed by atoms with Gasteiger partial charge in [0.1, 0.15) is 0 Å². The molecule has 2 amide bonds. The van der Waals surface area contributed by atoms with Crippen LogP contribution in [0.3, 0.4) is 0 Å². The number of carbonyl (C=O) groups excluding carboxylic acids is 2. The van der Waals surface area contributed by atoms with Crippen molar-refractivity contribution in [2.75, 3.05) is 0 Å². The van der Waals surface area contributed by atoms with E-state index in [0.717, 1.165) is 5.01 Å². The molecule has 0 saturated carbocycles. The van der Waals surface area contributed by atoms with E-state index in [1.807, 2.05) is 0 Å². The van der Waals surface area contributed by atoms with Gasteiger partial charge in [-0.15, -0.1) is 0 Å². The summed E-state index contributed by atoms with van der Waals surface area (Å²) in [6.07, 6.45) is -4.33. The van der Waals surface area contributed by atoms with Crippen LogP contribution in [-0.4, -0.2) is 29.0 Å². The third-order valence-electron chi connectivity index (χ3n) is 1.96. The molecular formula is C7H9F3N2O2. The molecule has 0 radical (unpaired) electrons. The highest BCUT2D eigenvalue weighted by Gasteiger charge is 2.42. The van der Waals surface area contributed by atoms with Crippen LogP contribution in [0.1, 0.15) is 19.8 Å². The van der Waals surface area contributed by atoms with Crippen LogP contribution >= 0.6 is 0 Å². The molecule has 1 saturated heterocycles. The van der Waals surface area contributed by atoms with Crippen molar-refractivity contribution in [3.63, 3.8) is 0 Å². The van der Waals surface area contributed by atoms with Crippen molar-refractivity contribution in [3.8, 4) is 0 Å². The maximum Gasteiger partial charge on any atom is 0.472 e. The number of hydrogen-bond acceptors (Lipinski definition) is 2. The van der Waals surface area contributed by atoms with Crippen LogP contribution in [0.15, 0.2) is 0 Å². The van der Waals surface area contributed by atoms with E-state index in [9.17, 15) is 22.8 Å². The van der Waals surface area contributed by atoms with E-state index in [0.29, 0.717) is 6.42 Å². The Morgan fingerprint density at radius 1 is 1.57 bits per heavy atom. The molecule has 14 heavy (non-hydrogen) atoms. The van der Waals surface area contributed by atoms with Gasteiger partial charge in [0.2, 0.25) is 5.91 Å². The van der Waals surface area contributed by atoms with Crippen LogP contribution in [0.4, 0.5) is 13.2 Å². The molecule has 1 aliphatic rings. The molecule has 0 bridgehead atoms. The molecular weight excluding hydrogens is 201 g/mol. The molecule has 1 unspecified atom stereocenters. The second kappa shape index (κ2) is 3.47. The first-order valence-corrected chi connectivity index (χ1v) is 4.02. The summed E-state index contributed by atoms with van der Waals surface area (Å²) in [6.45, 7) is 1.57. The lowest BCUT2D eigenvalue weighted by Crippen LogP contribution is -2.51. The smallest absolute Gasteiger partial charge is 0.273 e. The van der Waals surface area contributed by atoms with Crippen molar-refractivity contribution in [1.29, 1.82) is 0 Å². The van der Waals surface area contributed by atoms with Crippen molar-refractivity contribution < 1.29 is 22.8 Å². The van der Waals surface area contributed by atoms with Crippen LogP contribution in [0.5, 0.6) is 0 Å². The topological polar surface area (TPSA) is 49.4 Å². The molecule has 0 aromatic rings. The maximum absolute atomic E-state index is 11.8. The fourth-order valence-corrected chi connectivity index (χ4v) is 1.17. The number of amides is 2. The summed E-state index contributed by atoms with van der Waals surface area (Å²) in [5, 5.41) is 0.732. The summed E-state index contributed by atoms with van der Waals surface area (Å²) in [5.74, 6) is -2.60.